The first-order chi connectivity index (χ1) is 20.7. The Hall–Kier alpha value is -4.49. The molecule has 1 saturated heterocycles. The number of carbonyl (C=O) groups excluding carboxylic acids is 1. The summed E-state index contributed by atoms with van der Waals surface area (Å²) >= 11 is 1.16. The number of likely N-dealkylation sites (N-methyl/N-ethyl adjacent to an activating group) is 1. The summed E-state index contributed by atoms with van der Waals surface area (Å²) in [6.45, 7) is 6.77. The monoisotopic (exact) mass is 607 g/mol. The average molecular weight is 608 g/mol. The van der Waals surface area contributed by atoms with E-state index in [0.29, 0.717) is 37.7 Å². The van der Waals surface area contributed by atoms with E-state index in [1.165, 1.54) is 30.9 Å². The number of methoxy groups -OCH3 is 2. The Morgan fingerprint density at radius 1 is 1.12 bits per heavy atom. The van der Waals surface area contributed by atoms with Gasteiger partial charge in [0.15, 0.2) is 16.3 Å². The third kappa shape index (κ3) is 5.77. The molecule has 5 rings (SSSR count). The number of piperazine rings is 1. The molecule has 0 spiro atoms. The molecule has 1 atom stereocenters. The van der Waals surface area contributed by atoms with Gasteiger partial charge in [0.1, 0.15) is 0 Å². The van der Waals surface area contributed by atoms with Gasteiger partial charge in [-0.25, -0.2) is 9.79 Å². The molecule has 2 aliphatic rings. The summed E-state index contributed by atoms with van der Waals surface area (Å²) in [5, 5.41) is 11.7. The number of hydrogen-bond acceptors (Lipinski definition) is 11. The Bertz CT molecular complexity index is 1790. The number of aromatic nitrogens is 1. The van der Waals surface area contributed by atoms with Crippen LogP contribution in [0.5, 0.6) is 11.5 Å². The molecule has 12 nitrogen and oxygen atoms in total. The molecular weight excluding hydrogens is 574 g/mol. The van der Waals surface area contributed by atoms with Crippen molar-refractivity contribution in [1.29, 1.82) is 0 Å². The van der Waals surface area contributed by atoms with Crippen LogP contribution in [0.15, 0.2) is 57.5 Å². The molecule has 0 bridgehead atoms. The number of allylic oxidation sites excluding steroid dienone is 1. The van der Waals surface area contributed by atoms with E-state index in [1.54, 1.807) is 44.2 Å². The molecule has 226 valence electrons. The van der Waals surface area contributed by atoms with Crippen molar-refractivity contribution in [3.05, 3.63) is 88.6 Å². The van der Waals surface area contributed by atoms with E-state index in [-0.39, 0.29) is 23.4 Å². The van der Waals surface area contributed by atoms with Crippen molar-refractivity contribution in [3.63, 3.8) is 0 Å². The van der Waals surface area contributed by atoms with Crippen LogP contribution in [-0.2, 0) is 9.53 Å². The second-order valence-corrected chi connectivity index (χ2v) is 11.2. The number of fused-ring (bicyclic) bond motifs is 1. The maximum Gasteiger partial charge on any atom is 0.338 e. The van der Waals surface area contributed by atoms with E-state index in [0.717, 1.165) is 43.2 Å². The number of hydrogen-bond donors (Lipinski definition) is 0. The molecule has 0 N–H and O–H groups in total. The Balaban J connectivity index is 1.72. The molecule has 2 aliphatic heterocycles. The van der Waals surface area contributed by atoms with Crippen molar-refractivity contribution in [1.82, 2.24) is 9.47 Å². The van der Waals surface area contributed by atoms with Gasteiger partial charge in [-0.05, 0) is 50.7 Å². The van der Waals surface area contributed by atoms with Gasteiger partial charge in [0.05, 0.1) is 47.6 Å². The van der Waals surface area contributed by atoms with Crippen molar-refractivity contribution < 1.29 is 23.9 Å². The molecule has 2 aromatic carbocycles. The SMILES string of the molecule is CCOC(=O)C1=C(C)N=c2s/c(=C/c3cc([N+](=O)[O-])ccc3N3CCN(C)CC3)c(=O)n2[C@@H]1c1ccc(OC)c(OC)c1. The zero-order valence-electron chi connectivity index (χ0n) is 24.7. The molecule has 43 heavy (non-hydrogen) atoms. The second kappa shape index (κ2) is 12.4. The van der Waals surface area contributed by atoms with Gasteiger partial charge in [-0.15, -0.1) is 0 Å². The van der Waals surface area contributed by atoms with Gasteiger partial charge in [-0.1, -0.05) is 17.4 Å². The minimum atomic E-state index is -0.848. The van der Waals surface area contributed by atoms with Crippen LogP contribution in [0.3, 0.4) is 0 Å². The van der Waals surface area contributed by atoms with E-state index < -0.39 is 16.9 Å². The summed E-state index contributed by atoms with van der Waals surface area (Å²) in [5.41, 5.74) is 2.20. The number of carbonyl (C=O) groups is 1. The van der Waals surface area contributed by atoms with Crippen LogP contribution < -0.4 is 29.3 Å². The number of nitro benzene ring substituents is 1. The zero-order chi connectivity index (χ0) is 30.8. The molecule has 0 radical (unpaired) electrons. The normalized spacial score (nSPS) is 17.4. The number of benzene rings is 2. The van der Waals surface area contributed by atoms with Crippen LogP contribution in [0.1, 0.15) is 31.0 Å². The number of nitro groups is 1. The van der Waals surface area contributed by atoms with Gasteiger partial charge in [0, 0.05) is 49.6 Å². The lowest BCUT2D eigenvalue weighted by Gasteiger charge is -2.34. The number of esters is 1. The number of non-ortho nitro benzene ring substituents is 1. The lowest BCUT2D eigenvalue weighted by molar-refractivity contribution is -0.384. The quantitative estimate of drug-likeness (QED) is 0.216. The molecule has 3 heterocycles. The van der Waals surface area contributed by atoms with Crippen LogP contribution in [0.2, 0.25) is 0 Å². The maximum atomic E-state index is 14.2. The van der Waals surface area contributed by atoms with Crippen molar-refractivity contribution in [2.45, 2.75) is 19.9 Å². The number of nitrogens with zero attached hydrogens (tertiary/aromatic N) is 5. The Labute approximate surface area is 251 Å². The molecule has 0 saturated carbocycles. The van der Waals surface area contributed by atoms with E-state index in [4.69, 9.17) is 14.2 Å². The largest absolute Gasteiger partial charge is 0.493 e. The third-order valence-corrected chi connectivity index (χ3v) is 8.58. The molecule has 0 amide bonds. The van der Waals surface area contributed by atoms with Crippen LogP contribution in [0.4, 0.5) is 11.4 Å². The number of rotatable bonds is 8. The number of anilines is 1. The van der Waals surface area contributed by atoms with Crippen molar-refractivity contribution in [2.75, 3.05) is 59.0 Å². The lowest BCUT2D eigenvalue weighted by atomic mass is 9.95. The Morgan fingerprint density at radius 2 is 1.84 bits per heavy atom. The van der Waals surface area contributed by atoms with E-state index in [2.05, 4.69) is 21.8 Å². The predicted molar refractivity (Wildman–Crippen MR) is 163 cm³/mol. The van der Waals surface area contributed by atoms with Crippen molar-refractivity contribution in [3.8, 4) is 11.5 Å². The van der Waals surface area contributed by atoms with E-state index in [9.17, 15) is 19.7 Å². The summed E-state index contributed by atoms with van der Waals surface area (Å²) in [6, 6.07) is 9.08. The lowest BCUT2D eigenvalue weighted by Crippen LogP contribution is -2.44. The molecule has 1 fully saturated rings. The first kappa shape index (κ1) is 30.0. The van der Waals surface area contributed by atoms with Crippen LogP contribution in [0.25, 0.3) is 6.08 Å². The van der Waals surface area contributed by atoms with Gasteiger partial charge in [-0.3, -0.25) is 19.5 Å². The average Bonchev–Trinajstić information content (AvgIpc) is 3.30. The van der Waals surface area contributed by atoms with Gasteiger partial charge in [-0.2, -0.15) is 0 Å². The van der Waals surface area contributed by atoms with E-state index >= 15 is 0 Å². The molecule has 13 heteroatoms. The topological polar surface area (TPSA) is 129 Å². The standard InChI is InChI=1S/C30H33N5O7S/c1-6-42-29(37)26-18(2)31-30-34(27(26)19-7-10-23(40-4)24(16-19)41-5)28(36)25(43-30)17-20-15-21(35(38)39)8-9-22(20)33-13-11-32(3)12-14-33/h7-10,15-17,27H,6,11-14H2,1-5H3/b25-17+/t27-/m1/s1. The maximum absolute atomic E-state index is 14.2. The summed E-state index contributed by atoms with van der Waals surface area (Å²) in [4.78, 5) is 48.0. The van der Waals surface area contributed by atoms with Crippen molar-refractivity contribution >= 4 is 34.8 Å². The summed E-state index contributed by atoms with van der Waals surface area (Å²) in [7, 11) is 5.09. The highest BCUT2D eigenvalue weighted by molar-refractivity contribution is 7.07. The van der Waals surface area contributed by atoms with Crippen LogP contribution in [0, 0.1) is 10.1 Å². The highest BCUT2D eigenvalue weighted by Gasteiger charge is 2.34. The number of ether oxygens (including phenoxy) is 3. The van der Waals surface area contributed by atoms with E-state index in [1.807, 2.05) is 0 Å². The van der Waals surface area contributed by atoms with Gasteiger partial charge in [0.2, 0.25) is 0 Å². The van der Waals surface area contributed by atoms with Crippen molar-refractivity contribution in [2.24, 2.45) is 4.99 Å². The van der Waals surface area contributed by atoms with Gasteiger partial charge < -0.3 is 24.0 Å². The fraction of sp³-hybridized carbons (Fsp3) is 0.367. The predicted octanol–water partition coefficient (Wildman–Crippen LogP) is 2.48. The number of thiazole rings is 1. The third-order valence-electron chi connectivity index (χ3n) is 7.59. The molecule has 1 aromatic heterocycles. The van der Waals surface area contributed by atoms with Gasteiger partial charge >= 0.3 is 5.97 Å². The van der Waals surface area contributed by atoms with Crippen LogP contribution >= 0.6 is 11.3 Å². The van der Waals surface area contributed by atoms with Crippen LogP contribution in [-0.4, -0.2) is 74.4 Å². The molecule has 0 aliphatic carbocycles. The molecule has 3 aromatic rings. The second-order valence-electron chi connectivity index (χ2n) is 10.2. The summed E-state index contributed by atoms with van der Waals surface area (Å²) < 4.78 is 18.1. The summed E-state index contributed by atoms with van der Waals surface area (Å²) in [6.07, 6.45) is 1.68. The Morgan fingerprint density at radius 3 is 2.49 bits per heavy atom. The Kier molecular flexibility index (Phi) is 8.64. The first-order valence-electron chi connectivity index (χ1n) is 13.8. The highest BCUT2D eigenvalue weighted by atomic mass is 32.1. The first-order valence-corrected chi connectivity index (χ1v) is 14.6. The fourth-order valence-corrected chi connectivity index (χ4v) is 6.41. The zero-order valence-corrected chi connectivity index (χ0v) is 25.5. The molecular formula is C30H33N5O7S. The smallest absolute Gasteiger partial charge is 0.338 e. The minimum Gasteiger partial charge on any atom is -0.493 e. The van der Waals surface area contributed by atoms with Gasteiger partial charge in [0.25, 0.3) is 11.2 Å². The highest BCUT2D eigenvalue weighted by Crippen LogP contribution is 2.36. The molecule has 0 unspecified atom stereocenters. The summed E-state index contributed by atoms with van der Waals surface area (Å²) in [5.74, 6) is 0.362. The minimum absolute atomic E-state index is 0.0689. The fourth-order valence-electron chi connectivity index (χ4n) is 5.38.